The van der Waals surface area contributed by atoms with Crippen LogP contribution in [0.1, 0.15) is 72.5 Å². The number of aromatic nitrogens is 4. The van der Waals surface area contributed by atoms with Crippen LogP contribution in [0.5, 0.6) is 0 Å². The second kappa shape index (κ2) is 14.3. The summed E-state index contributed by atoms with van der Waals surface area (Å²) in [5.74, 6) is -0.791. The molecule has 0 amide bonds. The number of nitrogens with one attached hydrogen (secondary N) is 2. The number of fused-ring (bicyclic) bond motifs is 8. The molecule has 2 aromatic carbocycles. The maximum Gasteiger partial charge on any atom is 0.337 e. The van der Waals surface area contributed by atoms with E-state index in [1.54, 1.807) is 24.3 Å². The van der Waals surface area contributed by atoms with Gasteiger partial charge in [-0.05, 0) is 84.0 Å². The van der Waals surface area contributed by atoms with Crippen molar-refractivity contribution < 1.29 is 19.1 Å². The Kier molecular flexibility index (Phi) is 8.96. The number of carbonyl (C=O) groups is 2. The molecule has 0 saturated heterocycles. The number of hydrogen-bond donors (Lipinski definition) is 2. The lowest BCUT2D eigenvalue weighted by Crippen LogP contribution is -2.26. The van der Waals surface area contributed by atoms with E-state index < -0.39 is 11.9 Å². The Balaban J connectivity index is 1.38. The average molecular weight is 771 g/mol. The maximum atomic E-state index is 12.5. The molecule has 7 heterocycles. The summed E-state index contributed by atoms with van der Waals surface area (Å²) in [6.45, 7) is 0. The summed E-state index contributed by atoms with van der Waals surface area (Å²) in [5.41, 5.74) is 13.2. The molecule has 3 aromatic heterocycles. The minimum atomic E-state index is -0.399. The van der Waals surface area contributed by atoms with Crippen molar-refractivity contribution in [2.24, 2.45) is 0 Å². The highest BCUT2D eigenvalue weighted by Gasteiger charge is 2.30. The van der Waals surface area contributed by atoms with Crippen LogP contribution >= 0.6 is 0 Å². The molecule has 12 heteroatoms. The minimum absolute atomic E-state index is 0.133. The Hall–Kier alpha value is -7.34. The molecule has 0 spiro atoms. The van der Waals surface area contributed by atoms with E-state index in [0.717, 1.165) is 78.2 Å². The second-order valence-corrected chi connectivity index (χ2v) is 14.8. The summed E-state index contributed by atoms with van der Waals surface area (Å²) >= 11 is 0. The number of esters is 2. The predicted octanol–water partition coefficient (Wildman–Crippen LogP) is 8.01. The summed E-state index contributed by atoms with van der Waals surface area (Å²) < 4.78 is 10.00. The third kappa shape index (κ3) is 6.19. The van der Waals surface area contributed by atoms with Crippen LogP contribution in [0, 0.1) is 0 Å². The van der Waals surface area contributed by atoms with Gasteiger partial charge in [-0.25, -0.2) is 19.6 Å². The molecule has 0 radical (unpaired) electrons. The van der Waals surface area contributed by atoms with Crippen LogP contribution in [0.4, 0.5) is 0 Å². The van der Waals surface area contributed by atoms with Crippen molar-refractivity contribution in [2.75, 3.05) is 42.4 Å². The first kappa shape index (κ1) is 36.3. The highest BCUT2D eigenvalue weighted by atomic mass is 16.5. The van der Waals surface area contributed by atoms with Crippen LogP contribution in [0.2, 0.25) is 0 Å². The number of aromatic amines is 2. The van der Waals surface area contributed by atoms with Crippen LogP contribution in [-0.2, 0) is 9.47 Å². The first-order valence-corrected chi connectivity index (χ1v) is 18.9. The number of methoxy groups -OCH3 is 2. The van der Waals surface area contributed by atoms with Gasteiger partial charge in [-0.2, -0.15) is 0 Å². The fourth-order valence-electron chi connectivity index (χ4n) is 8.25. The molecule has 0 atom stereocenters. The maximum absolute atomic E-state index is 12.5. The molecule has 5 aromatic rings. The van der Waals surface area contributed by atoms with Crippen LogP contribution in [-0.4, -0.2) is 93.9 Å². The van der Waals surface area contributed by atoms with Gasteiger partial charge in [0.15, 0.2) is 0 Å². The molecular weight excluding hydrogens is 729 g/mol. The molecule has 58 heavy (non-hydrogen) atoms. The van der Waals surface area contributed by atoms with Crippen molar-refractivity contribution in [3.8, 4) is 11.1 Å². The Bertz CT molecular complexity index is 2750. The number of rotatable bonds is 6. The standard InChI is InChI=1S/C46H42N8O4/c1-51-21-22-52(2)43(51)41-35-16-15-31(47-35)25-38-32(27-7-11-29(12-8-27)45(55)57-5)26-39(50-38)42(44-53(3)23-24-54(44)4)37-20-18-34(49-37)40(33-17-19-36(41)48-33)28-9-13-30(14-10-28)46(56)58-6/h7-26,43-44,47,49H,1-6H3. The van der Waals surface area contributed by atoms with E-state index in [4.69, 9.17) is 19.4 Å². The predicted molar refractivity (Wildman–Crippen MR) is 226 cm³/mol. The summed E-state index contributed by atoms with van der Waals surface area (Å²) in [7, 11) is 11.0. The number of ether oxygens (including phenoxy) is 2. The topological polar surface area (TPSA) is 123 Å². The Labute approximate surface area is 335 Å². The molecule has 9 rings (SSSR count). The molecule has 0 saturated carbocycles. The van der Waals surface area contributed by atoms with E-state index in [2.05, 4.69) is 131 Å². The molecule has 4 aliphatic heterocycles. The van der Waals surface area contributed by atoms with Gasteiger partial charge < -0.3 is 39.0 Å². The Morgan fingerprint density at radius 1 is 0.569 bits per heavy atom. The largest absolute Gasteiger partial charge is 0.465 e. The quantitative estimate of drug-likeness (QED) is 0.161. The van der Waals surface area contributed by atoms with E-state index >= 15 is 0 Å². The monoisotopic (exact) mass is 770 g/mol. The van der Waals surface area contributed by atoms with Gasteiger partial charge in [0.2, 0.25) is 0 Å². The van der Waals surface area contributed by atoms with Crippen molar-refractivity contribution in [1.82, 2.24) is 39.5 Å². The average Bonchev–Trinajstić information content (AvgIpc) is 4.12. The molecule has 2 N–H and O–H groups in total. The number of hydrogen-bond acceptors (Lipinski definition) is 10. The molecule has 12 nitrogen and oxygen atoms in total. The zero-order chi connectivity index (χ0) is 40.2. The van der Waals surface area contributed by atoms with Gasteiger partial charge >= 0.3 is 11.9 Å². The van der Waals surface area contributed by atoms with E-state index in [0.29, 0.717) is 11.1 Å². The molecule has 0 aliphatic carbocycles. The lowest BCUT2D eigenvalue weighted by molar-refractivity contribution is 0.0592. The SMILES string of the molecule is COC(=O)c1ccc(C2=Cc3nc2cc2ccc([nH]2)c(C2N(C)C=CN2C)c2nc(c(-c4ccc(C(=O)OC)cc4)c4ccc([nH]4)c3C3N(C)C=CN3C)C=C2)cc1. The molecule has 0 unspecified atom stereocenters. The first-order valence-electron chi connectivity index (χ1n) is 18.9. The van der Waals surface area contributed by atoms with Gasteiger partial charge in [0.05, 0.1) is 48.1 Å². The number of nitrogens with zero attached hydrogens (tertiary/aromatic N) is 6. The Morgan fingerprint density at radius 2 is 1.07 bits per heavy atom. The lowest BCUT2D eigenvalue weighted by atomic mass is 10.0. The van der Waals surface area contributed by atoms with Gasteiger partial charge in [-0.3, -0.25) is 0 Å². The smallest absolute Gasteiger partial charge is 0.337 e. The van der Waals surface area contributed by atoms with Crippen LogP contribution < -0.4 is 0 Å². The third-order valence-electron chi connectivity index (χ3n) is 11.1. The summed E-state index contributed by atoms with van der Waals surface area (Å²) in [4.78, 5) is 51.8. The third-order valence-corrected chi connectivity index (χ3v) is 11.1. The lowest BCUT2D eigenvalue weighted by Gasteiger charge is -2.28. The van der Waals surface area contributed by atoms with Gasteiger partial charge in [0.25, 0.3) is 0 Å². The van der Waals surface area contributed by atoms with Gasteiger partial charge in [-0.15, -0.1) is 0 Å². The highest BCUT2D eigenvalue weighted by Crippen LogP contribution is 2.40. The molecule has 8 bridgehead atoms. The van der Waals surface area contributed by atoms with Crippen molar-refractivity contribution in [3.63, 3.8) is 0 Å². The van der Waals surface area contributed by atoms with Gasteiger partial charge in [-0.1, -0.05) is 24.3 Å². The normalized spacial score (nSPS) is 15.2. The number of benzene rings is 2. The summed E-state index contributed by atoms with van der Waals surface area (Å²) in [5, 5.41) is 0. The fraction of sp³-hybridized carbons (Fsp3) is 0.174. The van der Waals surface area contributed by atoms with Crippen LogP contribution in [0.25, 0.3) is 57.0 Å². The van der Waals surface area contributed by atoms with Crippen molar-refractivity contribution in [3.05, 3.63) is 154 Å². The van der Waals surface area contributed by atoms with Crippen molar-refractivity contribution >= 4 is 57.8 Å². The molecule has 0 fully saturated rings. The van der Waals surface area contributed by atoms with Crippen LogP contribution in [0.15, 0.2) is 104 Å². The van der Waals surface area contributed by atoms with Crippen molar-refractivity contribution in [2.45, 2.75) is 12.3 Å². The molecule has 290 valence electrons. The fourth-order valence-corrected chi connectivity index (χ4v) is 8.25. The van der Waals surface area contributed by atoms with Gasteiger partial charge in [0.1, 0.15) is 12.3 Å². The number of H-pyrrole nitrogens is 2. The zero-order valence-corrected chi connectivity index (χ0v) is 33.0. The second-order valence-electron chi connectivity index (χ2n) is 14.8. The van der Waals surface area contributed by atoms with E-state index in [1.165, 1.54) is 14.2 Å². The summed E-state index contributed by atoms with van der Waals surface area (Å²) in [6, 6.07) is 25.3. The zero-order valence-electron chi connectivity index (χ0n) is 33.0. The van der Waals surface area contributed by atoms with E-state index in [1.807, 2.05) is 24.3 Å². The van der Waals surface area contributed by atoms with E-state index in [9.17, 15) is 9.59 Å². The molecular formula is C46H42N8O4. The summed E-state index contributed by atoms with van der Waals surface area (Å²) in [6.07, 6.45) is 14.2. The first-order chi connectivity index (χ1) is 28.1. The number of carbonyl (C=O) groups excluding carboxylic acids is 2. The minimum Gasteiger partial charge on any atom is -0.465 e. The van der Waals surface area contributed by atoms with Crippen molar-refractivity contribution in [1.29, 1.82) is 0 Å². The Morgan fingerprint density at radius 3 is 1.66 bits per heavy atom. The van der Waals surface area contributed by atoms with Gasteiger partial charge in [0, 0.05) is 97.3 Å². The molecule has 4 aliphatic rings. The van der Waals surface area contributed by atoms with Crippen LogP contribution in [0.3, 0.4) is 0 Å². The highest BCUT2D eigenvalue weighted by molar-refractivity contribution is 5.97. The van der Waals surface area contributed by atoms with E-state index in [-0.39, 0.29) is 12.3 Å².